The van der Waals surface area contributed by atoms with Crippen molar-refractivity contribution in [2.24, 2.45) is 0 Å². The first-order valence-corrected chi connectivity index (χ1v) is 5.42. The number of hydrogen-bond acceptors (Lipinski definition) is 3. The van der Waals surface area contributed by atoms with Crippen LogP contribution >= 0.6 is 0 Å². The number of ether oxygens (including phenoxy) is 1. The van der Waals surface area contributed by atoms with Gasteiger partial charge in [-0.25, -0.2) is 14.0 Å². The molecule has 0 fully saturated rings. The maximum Gasteiger partial charge on any atom is 0.384 e. The van der Waals surface area contributed by atoms with Crippen LogP contribution in [0.25, 0.3) is 6.08 Å². The zero-order valence-corrected chi connectivity index (χ0v) is 10.1. The molecule has 19 heavy (non-hydrogen) atoms. The Morgan fingerprint density at radius 2 is 2.21 bits per heavy atom. The molecule has 0 unspecified atom stereocenters. The SMILES string of the molecule is CCOC(=O)C#Cc1ccc(F)c(/C=C/C(=O)O)c1. The summed E-state index contributed by atoms with van der Waals surface area (Å²) in [5.41, 5.74) is 0.470. The van der Waals surface area contributed by atoms with E-state index in [1.807, 2.05) is 0 Å². The van der Waals surface area contributed by atoms with Gasteiger partial charge in [0, 0.05) is 23.1 Å². The summed E-state index contributed by atoms with van der Waals surface area (Å²) in [4.78, 5) is 21.4. The van der Waals surface area contributed by atoms with Crippen LogP contribution in [0.3, 0.4) is 0 Å². The van der Waals surface area contributed by atoms with E-state index in [1.165, 1.54) is 12.1 Å². The fraction of sp³-hybridized carbons (Fsp3) is 0.143. The van der Waals surface area contributed by atoms with Crippen molar-refractivity contribution in [2.45, 2.75) is 6.92 Å². The highest BCUT2D eigenvalue weighted by Crippen LogP contribution is 2.11. The van der Waals surface area contributed by atoms with E-state index in [1.54, 1.807) is 6.92 Å². The third-order valence-corrected chi connectivity index (χ3v) is 1.99. The Hall–Kier alpha value is -2.61. The number of hydrogen-bond donors (Lipinski definition) is 1. The van der Waals surface area contributed by atoms with E-state index in [0.29, 0.717) is 5.56 Å². The molecule has 1 aromatic carbocycles. The molecule has 1 rings (SSSR count). The number of esters is 1. The summed E-state index contributed by atoms with van der Waals surface area (Å²) in [5.74, 6) is 2.33. The Morgan fingerprint density at radius 3 is 2.84 bits per heavy atom. The Balaban J connectivity index is 2.96. The van der Waals surface area contributed by atoms with Gasteiger partial charge in [-0.05, 0) is 31.2 Å². The van der Waals surface area contributed by atoms with E-state index in [2.05, 4.69) is 16.6 Å². The number of rotatable bonds is 3. The number of carbonyl (C=O) groups is 2. The molecule has 0 aliphatic rings. The third-order valence-electron chi connectivity index (χ3n) is 1.99. The zero-order chi connectivity index (χ0) is 14.3. The van der Waals surface area contributed by atoms with Crippen molar-refractivity contribution < 1.29 is 23.8 Å². The van der Waals surface area contributed by atoms with E-state index in [-0.39, 0.29) is 12.2 Å². The van der Waals surface area contributed by atoms with E-state index in [0.717, 1.165) is 18.2 Å². The molecule has 0 radical (unpaired) electrons. The van der Waals surface area contributed by atoms with Crippen molar-refractivity contribution in [1.29, 1.82) is 0 Å². The van der Waals surface area contributed by atoms with Gasteiger partial charge in [0.05, 0.1) is 6.61 Å². The Labute approximate surface area is 109 Å². The fourth-order valence-corrected chi connectivity index (χ4v) is 1.20. The normalized spacial score (nSPS) is 9.79. The van der Waals surface area contributed by atoms with Gasteiger partial charge in [0.25, 0.3) is 0 Å². The average molecular weight is 262 g/mol. The van der Waals surface area contributed by atoms with Gasteiger partial charge in [-0.2, -0.15) is 0 Å². The molecule has 0 aromatic heterocycles. The fourth-order valence-electron chi connectivity index (χ4n) is 1.20. The van der Waals surface area contributed by atoms with Gasteiger partial charge in [0.15, 0.2) is 0 Å². The molecule has 0 atom stereocenters. The highest BCUT2D eigenvalue weighted by atomic mass is 19.1. The van der Waals surface area contributed by atoms with Gasteiger partial charge in [0.2, 0.25) is 0 Å². The molecule has 0 aliphatic heterocycles. The van der Waals surface area contributed by atoms with E-state index >= 15 is 0 Å². The lowest BCUT2D eigenvalue weighted by molar-refractivity contribution is -0.136. The second kappa shape index (κ2) is 6.97. The lowest BCUT2D eigenvalue weighted by Crippen LogP contribution is -1.99. The number of benzene rings is 1. The molecule has 4 nitrogen and oxygen atoms in total. The van der Waals surface area contributed by atoms with Crippen molar-refractivity contribution in [3.63, 3.8) is 0 Å². The summed E-state index contributed by atoms with van der Waals surface area (Å²) < 4.78 is 18.0. The summed E-state index contributed by atoms with van der Waals surface area (Å²) in [6.45, 7) is 1.88. The van der Waals surface area contributed by atoms with Crippen LogP contribution in [-0.2, 0) is 14.3 Å². The first kappa shape index (κ1) is 14.5. The van der Waals surface area contributed by atoms with E-state index in [4.69, 9.17) is 5.11 Å². The molecule has 98 valence electrons. The first-order valence-electron chi connectivity index (χ1n) is 5.42. The molecule has 0 saturated heterocycles. The molecular formula is C14H11FO4. The van der Waals surface area contributed by atoms with Gasteiger partial charge in [-0.15, -0.1) is 0 Å². The van der Waals surface area contributed by atoms with Gasteiger partial charge >= 0.3 is 11.9 Å². The molecule has 0 amide bonds. The number of carbonyl (C=O) groups excluding carboxylic acids is 1. The Morgan fingerprint density at radius 1 is 1.47 bits per heavy atom. The van der Waals surface area contributed by atoms with Crippen LogP contribution in [0.15, 0.2) is 24.3 Å². The van der Waals surface area contributed by atoms with Crippen molar-refractivity contribution >= 4 is 18.0 Å². The van der Waals surface area contributed by atoms with Crippen LogP contribution in [0, 0.1) is 17.7 Å². The van der Waals surface area contributed by atoms with Crippen LogP contribution in [0.5, 0.6) is 0 Å². The predicted molar refractivity (Wildman–Crippen MR) is 66.6 cm³/mol. The number of halogens is 1. The topological polar surface area (TPSA) is 63.6 Å². The highest BCUT2D eigenvalue weighted by Gasteiger charge is 2.00. The molecular weight excluding hydrogens is 251 g/mol. The molecule has 0 saturated carbocycles. The quantitative estimate of drug-likeness (QED) is 0.513. The summed E-state index contributed by atoms with van der Waals surface area (Å²) in [6, 6.07) is 3.89. The number of aliphatic carboxylic acids is 1. The molecule has 0 spiro atoms. The second-order valence-electron chi connectivity index (χ2n) is 3.38. The smallest absolute Gasteiger partial charge is 0.384 e. The first-order chi connectivity index (χ1) is 9.02. The van der Waals surface area contributed by atoms with Crippen LogP contribution < -0.4 is 0 Å². The standard InChI is InChI=1S/C14H11FO4/c1-2-19-14(18)8-4-10-3-6-12(15)11(9-10)5-7-13(16)17/h3,5-7,9H,2H2,1H3,(H,16,17)/b7-5+. The lowest BCUT2D eigenvalue weighted by Gasteiger charge is -1.97. The van der Waals surface area contributed by atoms with Crippen LogP contribution in [0.4, 0.5) is 4.39 Å². The van der Waals surface area contributed by atoms with Crippen LogP contribution in [0.1, 0.15) is 18.1 Å². The largest absolute Gasteiger partial charge is 0.478 e. The number of carboxylic acid groups (broad SMARTS) is 1. The third kappa shape index (κ3) is 5.04. The van der Waals surface area contributed by atoms with Crippen molar-refractivity contribution in [3.05, 3.63) is 41.2 Å². The molecule has 0 bridgehead atoms. The minimum atomic E-state index is -1.18. The summed E-state index contributed by atoms with van der Waals surface area (Å²) in [7, 11) is 0. The van der Waals surface area contributed by atoms with E-state index < -0.39 is 17.8 Å². The molecule has 1 aromatic rings. The molecule has 1 N–H and O–H groups in total. The molecule has 0 heterocycles. The predicted octanol–water partition coefficient (Wildman–Crippen LogP) is 1.84. The van der Waals surface area contributed by atoms with E-state index in [9.17, 15) is 14.0 Å². The Bertz CT molecular complexity index is 579. The van der Waals surface area contributed by atoms with Crippen molar-refractivity contribution in [3.8, 4) is 11.8 Å². The summed E-state index contributed by atoms with van der Waals surface area (Å²) >= 11 is 0. The molecule has 0 aliphatic carbocycles. The maximum atomic E-state index is 13.4. The zero-order valence-electron chi connectivity index (χ0n) is 10.1. The van der Waals surface area contributed by atoms with Crippen LogP contribution in [-0.4, -0.2) is 23.7 Å². The van der Waals surface area contributed by atoms with Crippen LogP contribution in [0.2, 0.25) is 0 Å². The minimum absolute atomic E-state index is 0.0815. The summed E-state index contributed by atoms with van der Waals surface area (Å²) in [6.07, 6.45) is 1.94. The minimum Gasteiger partial charge on any atom is -0.478 e. The monoisotopic (exact) mass is 262 g/mol. The highest BCUT2D eigenvalue weighted by molar-refractivity contribution is 5.89. The number of carboxylic acids is 1. The lowest BCUT2D eigenvalue weighted by atomic mass is 10.1. The average Bonchev–Trinajstić information content (AvgIpc) is 2.36. The van der Waals surface area contributed by atoms with Crippen molar-refractivity contribution in [1.82, 2.24) is 0 Å². The van der Waals surface area contributed by atoms with Gasteiger partial charge in [-0.1, -0.05) is 5.92 Å². The second-order valence-corrected chi connectivity index (χ2v) is 3.38. The Kier molecular flexibility index (Phi) is 5.30. The van der Waals surface area contributed by atoms with Gasteiger partial charge in [0.1, 0.15) is 5.82 Å². The van der Waals surface area contributed by atoms with Crippen molar-refractivity contribution in [2.75, 3.05) is 6.61 Å². The maximum absolute atomic E-state index is 13.4. The van der Waals surface area contributed by atoms with Gasteiger partial charge < -0.3 is 9.84 Å². The summed E-state index contributed by atoms with van der Waals surface area (Å²) in [5, 5.41) is 8.47. The van der Waals surface area contributed by atoms with Gasteiger partial charge in [-0.3, -0.25) is 0 Å². The molecule has 5 heteroatoms.